The normalized spacial score (nSPS) is 15.9. The Morgan fingerprint density at radius 2 is 1.94 bits per heavy atom. The Hall–Kier alpha value is -3.01. The summed E-state index contributed by atoms with van der Waals surface area (Å²) in [6, 6.07) is 14.9. The van der Waals surface area contributed by atoms with Crippen LogP contribution in [-0.2, 0) is 9.53 Å². The van der Waals surface area contributed by atoms with Crippen molar-refractivity contribution < 1.29 is 9.53 Å². The molecule has 1 N–H and O–H groups in total. The number of nitrogens with one attached hydrogen (secondary N) is 1. The first-order valence-corrected chi connectivity index (χ1v) is 12.4. The number of carbonyl (C=O) groups is 1. The Labute approximate surface area is 207 Å². The Balaban J connectivity index is 1.68. The minimum Gasteiger partial charge on any atom is -0.382 e. The molecule has 7 nitrogen and oxygen atoms in total. The molecule has 34 heavy (non-hydrogen) atoms. The van der Waals surface area contributed by atoms with Crippen molar-refractivity contribution in [1.29, 1.82) is 0 Å². The van der Waals surface area contributed by atoms with Crippen LogP contribution in [0.25, 0.3) is 11.7 Å². The van der Waals surface area contributed by atoms with Crippen molar-refractivity contribution >= 4 is 51.7 Å². The summed E-state index contributed by atoms with van der Waals surface area (Å²) in [6.45, 7) is 5.75. The summed E-state index contributed by atoms with van der Waals surface area (Å²) in [7, 11) is 0. The lowest BCUT2D eigenvalue weighted by Crippen LogP contribution is -2.31. The van der Waals surface area contributed by atoms with Crippen LogP contribution in [0.15, 0.2) is 64.4 Å². The Kier molecular flexibility index (Phi) is 7.77. The van der Waals surface area contributed by atoms with Gasteiger partial charge in [0, 0.05) is 26.0 Å². The highest BCUT2D eigenvalue weighted by Crippen LogP contribution is 2.38. The summed E-state index contributed by atoms with van der Waals surface area (Å²) in [5, 5.41) is 3.25. The number of carbonyl (C=O) groups excluding carboxylic acids is 1. The molecule has 1 aliphatic heterocycles. The fourth-order valence-corrected chi connectivity index (χ4v) is 5.12. The number of anilines is 1. The van der Waals surface area contributed by atoms with Gasteiger partial charge in [0.25, 0.3) is 11.5 Å². The van der Waals surface area contributed by atoms with E-state index in [4.69, 9.17) is 17.0 Å². The zero-order chi connectivity index (χ0) is 24.1. The number of ether oxygens (including phenoxy) is 1. The third-order valence-electron chi connectivity index (χ3n) is 5.50. The number of nitrogens with zero attached hydrogens (tertiary/aromatic N) is 3. The van der Waals surface area contributed by atoms with E-state index in [1.165, 1.54) is 16.2 Å². The number of benzene rings is 1. The molecule has 1 aliphatic rings. The first-order valence-electron chi connectivity index (χ1n) is 11.2. The van der Waals surface area contributed by atoms with Gasteiger partial charge < -0.3 is 10.1 Å². The van der Waals surface area contributed by atoms with Gasteiger partial charge in [0.15, 0.2) is 0 Å². The molecule has 1 unspecified atom stereocenters. The number of aromatic nitrogens is 2. The van der Waals surface area contributed by atoms with Gasteiger partial charge in [0.05, 0.1) is 16.5 Å². The third kappa shape index (κ3) is 5.06. The molecule has 0 radical (unpaired) electrons. The van der Waals surface area contributed by atoms with Crippen molar-refractivity contribution in [3.63, 3.8) is 0 Å². The van der Waals surface area contributed by atoms with Crippen molar-refractivity contribution in [1.82, 2.24) is 14.3 Å². The second-order valence-corrected chi connectivity index (χ2v) is 9.40. The van der Waals surface area contributed by atoms with Crippen molar-refractivity contribution in [2.24, 2.45) is 0 Å². The first-order chi connectivity index (χ1) is 16.5. The van der Waals surface area contributed by atoms with Gasteiger partial charge >= 0.3 is 0 Å². The molecule has 3 aromatic rings. The molecule has 1 amide bonds. The second kappa shape index (κ2) is 10.9. The Morgan fingerprint density at radius 1 is 1.18 bits per heavy atom. The summed E-state index contributed by atoms with van der Waals surface area (Å²) >= 11 is 6.74. The molecule has 176 valence electrons. The average Bonchev–Trinajstić information content (AvgIpc) is 3.13. The van der Waals surface area contributed by atoms with E-state index in [0.29, 0.717) is 46.0 Å². The van der Waals surface area contributed by atoms with E-state index < -0.39 is 0 Å². The molecule has 4 rings (SSSR count). The quantitative estimate of drug-likeness (QED) is 0.267. The van der Waals surface area contributed by atoms with Crippen molar-refractivity contribution in [3.8, 4) is 0 Å². The fraction of sp³-hybridized carbons (Fsp3) is 0.280. The molecule has 3 heterocycles. The first kappa shape index (κ1) is 24.1. The highest BCUT2D eigenvalue weighted by atomic mass is 32.2. The molecule has 9 heteroatoms. The third-order valence-corrected chi connectivity index (χ3v) is 6.83. The zero-order valence-corrected chi connectivity index (χ0v) is 20.7. The van der Waals surface area contributed by atoms with Gasteiger partial charge in [0.1, 0.15) is 15.8 Å². The molecule has 1 saturated heterocycles. The summed E-state index contributed by atoms with van der Waals surface area (Å²) in [5.74, 6) is 0.222. The van der Waals surface area contributed by atoms with Gasteiger partial charge in [-0.25, -0.2) is 4.98 Å². The number of thiocarbonyl (C=S) groups is 1. The molecule has 0 spiro atoms. The van der Waals surface area contributed by atoms with Gasteiger partial charge in [-0.15, -0.1) is 0 Å². The number of amides is 1. The van der Waals surface area contributed by atoms with E-state index in [1.54, 1.807) is 29.3 Å². The maximum absolute atomic E-state index is 13.3. The predicted molar refractivity (Wildman–Crippen MR) is 141 cm³/mol. The van der Waals surface area contributed by atoms with Crippen LogP contribution in [-0.4, -0.2) is 44.3 Å². The molecule has 2 aromatic heterocycles. The van der Waals surface area contributed by atoms with E-state index in [0.717, 1.165) is 12.0 Å². The van der Waals surface area contributed by atoms with Crippen molar-refractivity contribution in [2.45, 2.75) is 26.3 Å². The van der Waals surface area contributed by atoms with Crippen LogP contribution >= 0.6 is 24.0 Å². The van der Waals surface area contributed by atoms with Crippen LogP contribution < -0.4 is 10.9 Å². The largest absolute Gasteiger partial charge is 0.382 e. The van der Waals surface area contributed by atoms with Crippen molar-refractivity contribution in [3.05, 3.63) is 81.1 Å². The van der Waals surface area contributed by atoms with Crippen LogP contribution in [0.1, 0.15) is 37.4 Å². The monoisotopic (exact) mass is 494 g/mol. The highest BCUT2D eigenvalue weighted by molar-refractivity contribution is 8.26. The summed E-state index contributed by atoms with van der Waals surface area (Å²) < 4.78 is 7.34. The SMILES string of the molecule is CCOCCCNc1nc2ccccn2c(=O)c1/C=C1/SC(=S)N(C(C)c2ccccc2)C1=O. The van der Waals surface area contributed by atoms with E-state index in [-0.39, 0.29) is 17.5 Å². The van der Waals surface area contributed by atoms with Crippen LogP contribution in [0, 0.1) is 0 Å². The highest BCUT2D eigenvalue weighted by Gasteiger charge is 2.36. The Bertz CT molecular complexity index is 1290. The molecule has 1 aromatic carbocycles. The molecule has 0 saturated carbocycles. The predicted octanol–water partition coefficient (Wildman–Crippen LogP) is 4.50. The molecule has 1 fully saturated rings. The fourth-order valence-electron chi connectivity index (χ4n) is 3.72. The smallest absolute Gasteiger partial charge is 0.267 e. The van der Waals surface area contributed by atoms with Gasteiger partial charge in [-0.05, 0) is 44.0 Å². The van der Waals surface area contributed by atoms with E-state index in [9.17, 15) is 9.59 Å². The van der Waals surface area contributed by atoms with Crippen LogP contribution in [0.2, 0.25) is 0 Å². The van der Waals surface area contributed by atoms with Gasteiger partial charge in [0.2, 0.25) is 0 Å². The van der Waals surface area contributed by atoms with Crippen molar-refractivity contribution in [2.75, 3.05) is 25.1 Å². The van der Waals surface area contributed by atoms with E-state index in [2.05, 4.69) is 10.3 Å². The minimum absolute atomic E-state index is 0.216. The van der Waals surface area contributed by atoms with Crippen LogP contribution in [0.3, 0.4) is 0 Å². The molecular formula is C25H26N4O3S2. The van der Waals surface area contributed by atoms with Gasteiger partial charge in [-0.3, -0.25) is 18.9 Å². The lowest BCUT2D eigenvalue weighted by molar-refractivity contribution is -0.123. The standard InChI is InChI=1S/C25H26N4O3S2/c1-3-32-15-9-13-26-22-19(23(30)28-14-8-7-12-21(28)27-22)16-20-24(31)29(25(33)34-20)17(2)18-10-5-4-6-11-18/h4-8,10-12,14,16-17,26H,3,9,13,15H2,1-2H3/b20-16+. The number of rotatable bonds is 9. The van der Waals surface area contributed by atoms with Crippen LogP contribution in [0.4, 0.5) is 5.82 Å². The maximum Gasteiger partial charge on any atom is 0.267 e. The van der Waals surface area contributed by atoms with E-state index in [1.807, 2.05) is 50.2 Å². The molecular weight excluding hydrogens is 468 g/mol. The molecule has 0 bridgehead atoms. The lowest BCUT2D eigenvalue weighted by Gasteiger charge is -2.23. The molecule has 1 atom stereocenters. The van der Waals surface area contributed by atoms with Crippen LogP contribution in [0.5, 0.6) is 0 Å². The second-order valence-electron chi connectivity index (χ2n) is 7.72. The lowest BCUT2D eigenvalue weighted by atomic mass is 10.1. The minimum atomic E-state index is -0.251. The summed E-state index contributed by atoms with van der Waals surface area (Å²) in [5.41, 5.74) is 1.60. The Morgan fingerprint density at radius 3 is 2.71 bits per heavy atom. The molecule has 0 aliphatic carbocycles. The topological polar surface area (TPSA) is 75.9 Å². The van der Waals surface area contributed by atoms with E-state index >= 15 is 0 Å². The number of fused-ring (bicyclic) bond motifs is 1. The van der Waals surface area contributed by atoms with Gasteiger partial charge in [-0.2, -0.15) is 0 Å². The van der Waals surface area contributed by atoms with Gasteiger partial charge in [-0.1, -0.05) is 60.4 Å². The summed E-state index contributed by atoms with van der Waals surface area (Å²) in [4.78, 5) is 33.3. The summed E-state index contributed by atoms with van der Waals surface area (Å²) in [6.07, 6.45) is 4.04. The average molecular weight is 495 g/mol. The number of hydrogen-bond donors (Lipinski definition) is 1. The number of pyridine rings is 1. The number of hydrogen-bond acceptors (Lipinski definition) is 7. The number of thioether (sulfide) groups is 1. The zero-order valence-electron chi connectivity index (χ0n) is 19.1. The maximum atomic E-state index is 13.3.